The van der Waals surface area contributed by atoms with E-state index >= 15 is 0 Å². The summed E-state index contributed by atoms with van der Waals surface area (Å²) in [4.78, 5) is 14.9. The second-order valence-corrected chi connectivity index (χ2v) is 3.65. The van der Waals surface area contributed by atoms with Gasteiger partial charge in [-0.15, -0.1) is 0 Å². The molecule has 2 rings (SSSR count). The molecule has 14 heavy (non-hydrogen) atoms. The Bertz CT molecular complexity index is 254. The summed E-state index contributed by atoms with van der Waals surface area (Å²) in [6.45, 7) is 1.14. The molecule has 4 nitrogen and oxygen atoms in total. The molecule has 0 radical (unpaired) electrons. The van der Waals surface area contributed by atoms with Gasteiger partial charge in [-0.05, 0) is 24.5 Å². The van der Waals surface area contributed by atoms with Crippen molar-refractivity contribution in [3.8, 4) is 0 Å². The number of fused-ring (bicyclic) bond motifs is 1. The number of hydrogen-bond donors (Lipinski definition) is 4. The van der Waals surface area contributed by atoms with Crippen LogP contribution in [0.2, 0.25) is 0 Å². The van der Waals surface area contributed by atoms with Gasteiger partial charge in [0.05, 0.1) is 0 Å². The molecule has 0 fully saturated rings. The van der Waals surface area contributed by atoms with E-state index in [0.29, 0.717) is 0 Å². The monoisotopic (exact) mass is 214 g/mol. The molecule has 0 saturated carbocycles. The molecule has 0 bridgehead atoms. The van der Waals surface area contributed by atoms with Crippen LogP contribution < -0.4 is 10.8 Å². The smallest absolute Gasteiger partial charge is 0.247 e. The van der Waals surface area contributed by atoms with E-state index in [0.717, 1.165) is 6.54 Å². The van der Waals surface area contributed by atoms with Crippen LogP contribution in [0, 0.1) is 0 Å². The van der Waals surface area contributed by atoms with Crippen LogP contribution in [0.5, 0.6) is 0 Å². The lowest BCUT2D eigenvalue weighted by atomic mass is 10.0. The third-order valence-electron chi connectivity index (χ3n) is 1.96. The zero-order valence-corrected chi connectivity index (χ0v) is 8.74. The molecule has 0 aliphatic carbocycles. The van der Waals surface area contributed by atoms with Gasteiger partial charge in [0.15, 0.2) is 0 Å². The van der Waals surface area contributed by atoms with E-state index in [1.54, 1.807) is 0 Å². The molecule has 0 spiro atoms. The highest BCUT2D eigenvalue weighted by Crippen LogP contribution is 2.20. The number of hydrogen-bond acceptors (Lipinski definition) is 4. The number of aryl methyl sites for hydroxylation is 1. The first kappa shape index (κ1) is 11.4. The van der Waals surface area contributed by atoms with E-state index in [2.05, 4.69) is 35.1 Å². The summed E-state index contributed by atoms with van der Waals surface area (Å²) in [6.07, 6.45) is 2.51. The molecule has 1 aliphatic heterocycles. The average Bonchev–Trinajstić information content (AvgIpc) is 2.17. The van der Waals surface area contributed by atoms with Gasteiger partial charge in [0, 0.05) is 12.2 Å². The quantitative estimate of drug-likeness (QED) is 0.489. The molecule has 0 aromatic heterocycles. The van der Waals surface area contributed by atoms with Crippen molar-refractivity contribution < 1.29 is 9.79 Å². The van der Waals surface area contributed by atoms with E-state index in [1.165, 1.54) is 24.1 Å². The topological polar surface area (TPSA) is 78.5 Å². The molecule has 78 valence electrons. The molecule has 1 heterocycles. The van der Waals surface area contributed by atoms with Gasteiger partial charge in [0.25, 0.3) is 0 Å². The lowest BCUT2D eigenvalue weighted by Gasteiger charge is -2.16. The molecule has 0 amide bonds. The van der Waals surface area contributed by atoms with E-state index in [1.807, 2.05) is 0 Å². The van der Waals surface area contributed by atoms with Crippen LogP contribution in [0.1, 0.15) is 12.0 Å². The van der Waals surface area contributed by atoms with Gasteiger partial charge >= 0.3 is 0 Å². The zero-order valence-electron chi connectivity index (χ0n) is 7.85. The second kappa shape index (κ2) is 5.94. The first-order valence-electron chi connectivity index (χ1n) is 4.44. The van der Waals surface area contributed by atoms with Gasteiger partial charge in [0.2, 0.25) is 8.53 Å². The Morgan fingerprint density at radius 2 is 1.93 bits per heavy atom. The lowest BCUT2D eigenvalue weighted by Crippen LogP contribution is -2.10. The first-order valence-corrected chi connectivity index (χ1v) is 5.76. The highest BCUT2D eigenvalue weighted by atomic mass is 31.2. The summed E-state index contributed by atoms with van der Waals surface area (Å²) >= 11 is 0. The summed E-state index contributed by atoms with van der Waals surface area (Å²) in [5.74, 6) is 0. The van der Waals surface area contributed by atoms with Crippen molar-refractivity contribution in [2.75, 3.05) is 11.9 Å². The summed E-state index contributed by atoms with van der Waals surface area (Å²) in [5, 5.41) is 3.36. The Balaban J connectivity index is 0.000000213. The number of para-hydroxylation sites is 1. The summed E-state index contributed by atoms with van der Waals surface area (Å²) in [7, 11) is -2.12. The van der Waals surface area contributed by atoms with Crippen LogP contribution in [0.15, 0.2) is 24.3 Å². The molecular formula is C9H15N2O2P. The molecule has 1 aromatic carbocycles. The summed E-state index contributed by atoms with van der Waals surface area (Å²) in [6, 6.07) is 8.53. The van der Waals surface area contributed by atoms with E-state index < -0.39 is 8.53 Å². The molecule has 0 saturated heterocycles. The lowest BCUT2D eigenvalue weighted by molar-refractivity contribution is 0.485. The standard InChI is InChI=1S/C9H11N.H4NO2P/c1-2-6-9-8(4-1)5-3-7-10-9;1-4(2)3/h1-2,4,6,10H,3,5,7H2;2-3H,1H2. The maximum absolute atomic E-state index is 7.45. The predicted octanol–water partition coefficient (Wildman–Crippen LogP) is 1.20. The summed E-state index contributed by atoms with van der Waals surface area (Å²) in [5.41, 5.74) is 7.08. The molecular weight excluding hydrogens is 199 g/mol. The summed E-state index contributed by atoms with van der Waals surface area (Å²) < 4.78 is 0. The molecule has 1 aliphatic rings. The van der Waals surface area contributed by atoms with Gasteiger partial charge in [0.1, 0.15) is 0 Å². The highest BCUT2D eigenvalue weighted by Gasteiger charge is 2.04. The van der Waals surface area contributed by atoms with Crippen molar-refractivity contribution in [3.05, 3.63) is 29.8 Å². The van der Waals surface area contributed by atoms with Crippen LogP contribution in [0.3, 0.4) is 0 Å². The largest absolute Gasteiger partial charge is 0.385 e. The molecule has 0 atom stereocenters. The fourth-order valence-corrected chi connectivity index (χ4v) is 1.41. The number of anilines is 1. The molecule has 0 unspecified atom stereocenters. The average molecular weight is 214 g/mol. The normalized spacial score (nSPS) is 13.7. The zero-order chi connectivity index (χ0) is 10.4. The van der Waals surface area contributed by atoms with E-state index in [9.17, 15) is 0 Å². The number of nitrogens with one attached hydrogen (secondary N) is 1. The minimum Gasteiger partial charge on any atom is -0.385 e. The Labute approximate surface area is 84.7 Å². The Hall–Kier alpha value is -0.670. The highest BCUT2D eigenvalue weighted by molar-refractivity contribution is 7.42. The fourth-order valence-electron chi connectivity index (χ4n) is 1.41. The van der Waals surface area contributed by atoms with Crippen molar-refractivity contribution in [2.45, 2.75) is 12.8 Å². The Morgan fingerprint density at radius 1 is 1.29 bits per heavy atom. The molecule has 5 heteroatoms. The van der Waals surface area contributed by atoms with Gasteiger partial charge in [-0.3, -0.25) is 5.50 Å². The number of benzene rings is 1. The Morgan fingerprint density at radius 3 is 2.57 bits per heavy atom. The van der Waals surface area contributed by atoms with Crippen LogP contribution in [0.4, 0.5) is 5.69 Å². The van der Waals surface area contributed by atoms with Crippen LogP contribution >= 0.6 is 8.53 Å². The fraction of sp³-hybridized carbons (Fsp3) is 0.333. The second-order valence-electron chi connectivity index (χ2n) is 3.01. The van der Waals surface area contributed by atoms with Crippen LogP contribution in [0.25, 0.3) is 0 Å². The first-order chi connectivity index (χ1) is 6.70. The number of rotatable bonds is 0. The van der Waals surface area contributed by atoms with Gasteiger partial charge in [-0.1, -0.05) is 18.2 Å². The minimum atomic E-state index is -2.12. The maximum Gasteiger partial charge on any atom is 0.247 e. The predicted molar refractivity (Wildman–Crippen MR) is 58.8 cm³/mol. The van der Waals surface area contributed by atoms with Crippen LogP contribution in [-0.4, -0.2) is 16.3 Å². The van der Waals surface area contributed by atoms with Crippen LogP contribution in [-0.2, 0) is 6.42 Å². The van der Waals surface area contributed by atoms with Crippen molar-refractivity contribution in [3.63, 3.8) is 0 Å². The SMILES string of the molecule is NP(O)O.c1ccc2c(c1)CCCN2. The van der Waals surface area contributed by atoms with Crippen molar-refractivity contribution in [2.24, 2.45) is 5.50 Å². The Kier molecular flexibility index (Phi) is 4.84. The van der Waals surface area contributed by atoms with Gasteiger partial charge < -0.3 is 15.1 Å². The third-order valence-corrected chi connectivity index (χ3v) is 1.96. The van der Waals surface area contributed by atoms with Gasteiger partial charge in [-0.25, -0.2) is 0 Å². The van der Waals surface area contributed by atoms with E-state index in [-0.39, 0.29) is 0 Å². The van der Waals surface area contributed by atoms with Crippen molar-refractivity contribution in [1.29, 1.82) is 0 Å². The maximum atomic E-state index is 7.45. The van der Waals surface area contributed by atoms with Crippen molar-refractivity contribution in [1.82, 2.24) is 0 Å². The minimum absolute atomic E-state index is 1.14. The molecule has 1 aromatic rings. The van der Waals surface area contributed by atoms with Gasteiger partial charge in [-0.2, -0.15) is 0 Å². The molecule has 5 N–H and O–H groups in total. The van der Waals surface area contributed by atoms with Crippen molar-refractivity contribution >= 4 is 14.2 Å². The third kappa shape index (κ3) is 4.03. The van der Waals surface area contributed by atoms with E-state index in [4.69, 9.17) is 9.79 Å². The number of nitrogens with two attached hydrogens (primary N) is 1.